The van der Waals surface area contributed by atoms with Crippen LogP contribution in [0.25, 0.3) is 0 Å². The van der Waals surface area contributed by atoms with Crippen LogP contribution < -0.4 is 4.74 Å². The number of rotatable bonds is 8. The molecule has 2 aromatic carbocycles. The van der Waals surface area contributed by atoms with E-state index < -0.39 is 5.92 Å². The minimum Gasteiger partial charge on any atom is -0.497 e. The van der Waals surface area contributed by atoms with Crippen LogP contribution in [0, 0.1) is 17.2 Å². The molecule has 2 aromatic rings. The summed E-state index contributed by atoms with van der Waals surface area (Å²) in [6, 6.07) is 16.1. The van der Waals surface area contributed by atoms with Crippen molar-refractivity contribution in [3.8, 4) is 11.8 Å². The number of carbonyl (C=O) groups is 2. The van der Waals surface area contributed by atoms with E-state index in [2.05, 4.69) is 13.0 Å². The number of hydrogen-bond acceptors (Lipinski definition) is 5. The molecule has 1 amide bonds. The van der Waals surface area contributed by atoms with E-state index in [4.69, 9.17) is 14.7 Å². The second kappa shape index (κ2) is 9.93. The fourth-order valence-corrected chi connectivity index (χ4v) is 3.74. The minimum absolute atomic E-state index is 0.0235. The number of likely N-dealkylation sites (tertiary alicyclic amines) is 1. The van der Waals surface area contributed by atoms with Crippen molar-refractivity contribution in [1.29, 1.82) is 5.26 Å². The van der Waals surface area contributed by atoms with E-state index >= 15 is 0 Å². The molecule has 0 N–H and O–H groups in total. The van der Waals surface area contributed by atoms with Crippen molar-refractivity contribution in [2.24, 2.45) is 5.92 Å². The van der Waals surface area contributed by atoms with Crippen molar-refractivity contribution >= 4 is 11.9 Å². The summed E-state index contributed by atoms with van der Waals surface area (Å²) in [5.41, 5.74) is 2.26. The van der Waals surface area contributed by atoms with E-state index in [0.717, 1.165) is 29.7 Å². The molecule has 2 unspecified atom stereocenters. The molecule has 0 aromatic heterocycles. The van der Waals surface area contributed by atoms with Crippen molar-refractivity contribution in [3.05, 3.63) is 65.2 Å². The molecule has 1 fully saturated rings. The van der Waals surface area contributed by atoms with Gasteiger partial charge in [-0.25, -0.2) is 0 Å². The molecular weight excluding hydrogens is 380 g/mol. The van der Waals surface area contributed by atoms with Crippen LogP contribution >= 0.6 is 0 Å². The first-order valence-corrected chi connectivity index (χ1v) is 10.2. The molecule has 30 heavy (non-hydrogen) atoms. The Morgan fingerprint density at radius 1 is 1.17 bits per heavy atom. The Morgan fingerprint density at radius 2 is 1.87 bits per heavy atom. The maximum absolute atomic E-state index is 12.9. The highest BCUT2D eigenvalue weighted by Crippen LogP contribution is 2.39. The molecule has 1 aliphatic rings. The van der Waals surface area contributed by atoms with Crippen LogP contribution in [0.15, 0.2) is 48.5 Å². The number of ether oxygens (including phenoxy) is 2. The molecule has 0 aliphatic carbocycles. The number of hydrogen-bond donors (Lipinski definition) is 0. The Bertz CT molecular complexity index is 916. The number of nitrogens with zero attached hydrogens (tertiary/aromatic N) is 2. The molecule has 0 spiro atoms. The Hall–Kier alpha value is -3.33. The molecule has 1 heterocycles. The summed E-state index contributed by atoms with van der Waals surface area (Å²) in [5.74, 6) is -0.235. The number of amides is 1. The van der Waals surface area contributed by atoms with Crippen molar-refractivity contribution in [2.45, 2.75) is 38.8 Å². The first kappa shape index (κ1) is 21.4. The standard InChI is InChI=1S/C24H26N2O4/c1-3-4-13-26-22(27)14-21(23(26)19-9-11-20(29-2)12-10-19)24(28)30-16-18-7-5-17(15-25)6-8-18/h5-12,21,23H,3-4,13-14,16H2,1-2H3. The van der Waals surface area contributed by atoms with Gasteiger partial charge < -0.3 is 14.4 Å². The Balaban J connectivity index is 1.77. The van der Waals surface area contributed by atoms with Crippen molar-refractivity contribution in [2.75, 3.05) is 13.7 Å². The van der Waals surface area contributed by atoms with Gasteiger partial charge in [-0.1, -0.05) is 37.6 Å². The summed E-state index contributed by atoms with van der Waals surface area (Å²) in [7, 11) is 1.60. The maximum Gasteiger partial charge on any atom is 0.312 e. The van der Waals surface area contributed by atoms with Gasteiger partial charge in [0, 0.05) is 13.0 Å². The van der Waals surface area contributed by atoms with E-state index in [-0.39, 0.29) is 30.9 Å². The van der Waals surface area contributed by atoms with Crippen LogP contribution in [0.2, 0.25) is 0 Å². The molecule has 156 valence electrons. The third-order valence-electron chi connectivity index (χ3n) is 5.41. The van der Waals surface area contributed by atoms with Gasteiger partial charge in [0.25, 0.3) is 0 Å². The fourth-order valence-electron chi connectivity index (χ4n) is 3.74. The van der Waals surface area contributed by atoms with Gasteiger partial charge in [-0.05, 0) is 41.8 Å². The largest absolute Gasteiger partial charge is 0.497 e. The number of esters is 1. The molecule has 6 nitrogen and oxygen atoms in total. The monoisotopic (exact) mass is 406 g/mol. The third kappa shape index (κ3) is 4.80. The van der Waals surface area contributed by atoms with E-state index in [0.29, 0.717) is 12.1 Å². The SMILES string of the molecule is CCCCN1C(=O)CC(C(=O)OCc2ccc(C#N)cc2)C1c1ccc(OC)cc1. The maximum atomic E-state index is 12.9. The fraction of sp³-hybridized carbons (Fsp3) is 0.375. The summed E-state index contributed by atoms with van der Waals surface area (Å²) in [5, 5.41) is 8.89. The smallest absolute Gasteiger partial charge is 0.312 e. The van der Waals surface area contributed by atoms with Gasteiger partial charge in [0.1, 0.15) is 12.4 Å². The van der Waals surface area contributed by atoms with E-state index in [1.165, 1.54) is 0 Å². The predicted octanol–water partition coefficient (Wildman–Crippen LogP) is 4.00. The third-order valence-corrected chi connectivity index (χ3v) is 5.41. The van der Waals surface area contributed by atoms with Gasteiger partial charge in [0.05, 0.1) is 30.7 Å². The molecule has 3 rings (SSSR count). The first-order valence-electron chi connectivity index (χ1n) is 10.2. The second-order valence-electron chi connectivity index (χ2n) is 7.39. The van der Waals surface area contributed by atoms with Gasteiger partial charge in [-0.3, -0.25) is 9.59 Å². The lowest BCUT2D eigenvalue weighted by Gasteiger charge is -2.28. The van der Waals surface area contributed by atoms with Crippen LogP contribution in [0.1, 0.15) is 48.9 Å². The second-order valence-corrected chi connectivity index (χ2v) is 7.39. The highest BCUT2D eigenvalue weighted by Gasteiger charge is 2.45. The number of benzene rings is 2. The van der Waals surface area contributed by atoms with Crippen LogP contribution in [-0.2, 0) is 20.9 Å². The van der Waals surface area contributed by atoms with Crippen molar-refractivity contribution in [1.82, 2.24) is 4.90 Å². The quantitative estimate of drug-likeness (QED) is 0.619. The Morgan fingerprint density at radius 3 is 2.47 bits per heavy atom. The van der Waals surface area contributed by atoms with Crippen LogP contribution in [0.3, 0.4) is 0 Å². The normalized spacial score (nSPS) is 18.2. The summed E-state index contributed by atoms with van der Waals surface area (Å²) >= 11 is 0. The van der Waals surface area contributed by atoms with Gasteiger partial charge in [-0.15, -0.1) is 0 Å². The lowest BCUT2D eigenvalue weighted by molar-refractivity contribution is -0.151. The molecular formula is C24H26N2O4. The Kier molecular flexibility index (Phi) is 7.08. The minimum atomic E-state index is -0.555. The topological polar surface area (TPSA) is 79.6 Å². The van der Waals surface area contributed by atoms with Crippen molar-refractivity contribution in [3.63, 3.8) is 0 Å². The number of carbonyl (C=O) groups excluding carboxylic acids is 2. The number of unbranched alkanes of at least 4 members (excludes halogenated alkanes) is 1. The molecule has 1 saturated heterocycles. The average molecular weight is 406 g/mol. The summed E-state index contributed by atoms with van der Waals surface area (Å²) < 4.78 is 10.8. The van der Waals surface area contributed by atoms with Crippen LogP contribution in [0.5, 0.6) is 5.75 Å². The average Bonchev–Trinajstić information content (AvgIpc) is 3.12. The molecule has 0 saturated carbocycles. The van der Waals surface area contributed by atoms with Crippen LogP contribution in [-0.4, -0.2) is 30.4 Å². The zero-order chi connectivity index (χ0) is 21.5. The summed E-state index contributed by atoms with van der Waals surface area (Å²) in [4.78, 5) is 27.4. The molecule has 0 bridgehead atoms. The predicted molar refractivity (Wildman–Crippen MR) is 111 cm³/mol. The van der Waals surface area contributed by atoms with Crippen LogP contribution in [0.4, 0.5) is 0 Å². The number of methoxy groups -OCH3 is 1. The molecule has 1 aliphatic heterocycles. The van der Waals surface area contributed by atoms with Gasteiger partial charge in [-0.2, -0.15) is 5.26 Å². The molecule has 6 heteroatoms. The number of nitriles is 1. The highest BCUT2D eigenvalue weighted by molar-refractivity contribution is 5.88. The van der Waals surface area contributed by atoms with E-state index in [1.807, 2.05) is 24.3 Å². The summed E-state index contributed by atoms with van der Waals surface area (Å²) in [6.45, 7) is 2.80. The zero-order valence-corrected chi connectivity index (χ0v) is 17.3. The van der Waals surface area contributed by atoms with E-state index in [1.54, 1.807) is 36.3 Å². The molecule has 0 radical (unpaired) electrons. The lowest BCUT2D eigenvalue weighted by atomic mass is 9.93. The van der Waals surface area contributed by atoms with Gasteiger partial charge >= 0.3 is 5.97 Å². The van der Waals surface area contributed by atoms with Crippen molar-refractivity contribution < 1.29 is 19.1 Å². The Labute approximate surface area is 177 Å². The molecule has 2 atom stereocenters. The van der Waals surface area contributed by atoms with E-state index in [9.17, 15) is 9.59 Å². The van der Waals surface area contributed by atoms with Gasteiger partial charge in [0.15, 0.2) is 0 Å². The zero-order valence-electron chi connectivity index (χ0n) is 17.3. The highest BCUT2D eigenvalue weighted by atomic mass is 16.5. The summed E-state index contributed by atoms with van der Waals surface area (Å²) in [6.07, 6.45) is 1.99. The lowest BCUT2D eigenvalue weighted by Crippen LogP contribution is -2.32. The first-order chi connectivity index (χ1) is 14.6. The van der Waals surface area contributed by atoms with Gasteiger partial charge in [0.2, 0.25) is 5.91 Å².